The molecule has 0 atom stereocenters. The molecule has 7 nitrogen and oxygen atoms in total. The second-order valence-corrected chi connectivity index (χ2v) is 7.46. The number of carbonyl (C=O) groups excluding carboxylic acids is 1. The van der Waals surface area contributed by atoms with Crippen molar-refractivity contribution in [2.75, 3.05) is 53.7 Å². The van der Waals surface area contributed by atoms with E-state index < -0.39 is 8.80 Å². The Hall–Kier alpha value is -0.673. The molecule has 0 bridgehead atoms. The molecule has 22 heavy (non-hydrogen) atoms. The van der Waals surface area contributed by atoms with Crippen LogP contribution in [0, 0.1) is 0 Å². The molecule has 0 rings (SSSR count). The maximum atomic E-state index is 11.8. The minimum Gasteiger partial charge on any atom is -0.383 e. The molecule has 0 saturated heterocycles. The minimum atomic E-state index is -2.60. The Morgan fingerprint density at radius 1 is 1.09 bits per heavy atom. The van der Waals surface area contributed by atoms with E-state index >= 15 is 0 Å². The third kappa shape index (κ3) is 8.69. The fourth-order valence-corrected chi connectivity index (χ4v) is 4.58. The van der Waals surface area contributed by atoms with Crippen LogP contribution in [0.15, 0.2) is 0 Å². The van der Waals surface area contributed by atoms with Gasteiger partial charge >= 0.3 is 14.8 Å². The first-order valence-corrected chi connectivity index (χ1v) is 9.88. The highest BCUT2D eigenvalue weighted by Gasteiger charge is 2.39. The van der Waals surface area contributed by atoms with Gasteiger partial charge in [-0.25, -0.2) is 4.79 Å². The number of ether oxygens (including phenoxy) is 1. The zero-order valence-corrected chi connectivity index (χ0v) is 15.6. The Bertz CT molecular complexity index is 277. The van der Waals surface area contributed by atoms with Crippen LogP contribution in [0.1, 0.15) is 27.2 Å². The molecule has 0 aromatic heterocycles. The molecule has 0 aliphatic heterocycles. The molecule has 8 heteroatoms. The van der Waals surface area contributed by atoms with Crippen molar-refractivity contribution in [2.24, 2.45) is 0 Å². The maximum Gasteiger partial charge on any atom is 0.500 e. The van der Waals surface area contributed by atoms with Crippen molar-refractivity contribution in [3.05, 3.63) is 0 Å². The van der Waals surface area contributed by atoms with Gasteiger partial charge in [0.15, 0.2) is 0 Å². The third-order valence-corrected chi connectivity index (χ3v) is 6.16. The summed E-state index contributed by atoms with van der Waals surface area (Å²) in [5.41, 5.74) is 0. The third-order valence-electron chi connectivity index (χ3n) is 3.01. The van der Waals surface area contributed by atoms with Crippen LogP contribution >= 0.6 is 0 Å². The SMILES string of the molecule is CCO[Si](CCCNC(=O)N(C)CCOC)(OCC)OCC. The predicted octanol–water partition coefficient (Wildman–Crippen LogP) is 1.71. The first kappa shape index (κ1) is 21.3. The molecule has 132 valence electrons. The van der Waals surface area contributed by atoms with E-state index in [1.807, 2.05) is 20.8 Å². The molecule has 2 amide bonds. The molecular formula is C14H32N2O5Si. The van der Waals surface area contributed by atoms with Gasteiger partial charge in [-0.2, -0.15) is 0 Å². The van der Waals surface area contributed by atoms with Crippen LogP contribution in [-0.4, -0.2) is 73.4 Å². The number of nitrogens with one attached hydrogen (secondary N) is 1. The summed E-state index contributed by atoms with van der Waals surface area (Å²) in [5, 5.41) is 2.88. The Kier molecular flexibility index (Phi) is 12.4. The van der Waals surface area contributed by atoms with E-state index in [9.17, 15) is 4.79 Å². The summed E-state index contributed by atoms with van der Waals surface area (Å²) < 4.78 is 22.3. The highest BCUT2D eigenvalue weighted by atomic mass is 28.4. The Balaban J connectivity index is 4.18. The van der Waals surface area contributed by atoms with Crippen molar-refractivity contribution in [1.82, 2.24) is 10.2 Å². The lowest BCUT2D eigenvalue weighted by atomic mass is 10.5. The highest BCUT2D eigenvalue weighted by molar-refractivity contribution is 6.60. The summed E-state index contributed by atoms with van der Waals surface area (Å²) in [6.07, 6.45) is 0.760. The molecule has 0 spiro atoms. The average molecular weight is 337 g/mol. The number of amides is 2. The Morgan fingerprint density at radius 2 is 1.64 bits per heavy atom. The molecule has 1 N–H and O–H groups in total. The van der Waals surface area contributed by atoms with Crippen molar-refractivity contribution < 1.29 is 22.8 Å². The van der Waals surface area contributed by atoms with Gasteiger partial charge in [0.25, 0.3) is 0 Å². The van der Waals surface area contributed by atoms with Crippen LogP contribution in [0.4, 0.5) is 4.79 Å². The number of nitrogens with zero attached hydrogens (tertiary/aromatic N) is 1. The highest BCUT2D eigenvalue weighted by Crippen LogP contribution is 2.17. The molecule has 0 radical (unpaired) electrons. The quantitative estimate of drug-likeness (QED) is 0.410. The molecule has 0 aromatic carbocycles. The van der Waals surface area contributed by atoms with Crippen molar-refractivity contribution in [2.45, 2.75) is 33.2 Å². The maximum absolute atomic E-state index is 11.8. The first-order valence-electron chi connectivity index (χ1n) is 7.94. The summed E-state index contributed by atoms with van der Waals surface area (Å²) >= 11 is 0. The first-order chi connectivity index (χ1) is 10.5. The van der Waals surface area contributed by atoms with Gasteiger partial charge in [-0.1, -0.05) is 0 Å². The van der Waals surface area contributed by atoms with Gasteiger partial charge in [-0.05, 0) is 27.2 Å². The number of hydrogen-bond acceptors (Lipinski definition) is 5. The number of urea groups is 1. The van der Waals surface area contributed by atoms with E-state index in [-0.39, 0.29) is 6.03 Å². The van der Waals surface area contributed by atoms with E-state index in [1.165, 1.54) is 0 Å². The van der Waals surface area contributed by atoms with Crippen LogP contribution in [-0.2, 0) is 18.0 Å². The van der Waals surface area contributed by atoms with E-state index in [1.54, 1.807) is 19.1 Å². The van der Waals surface area contributed by atoms with Crippen molar-refractivity contribution in [3.63, 3.8) is 0 Å². The van der Waals surface area contributed by atoms with E-state index in [4.69, 9.17) is 18.0 Å². The smallest absolute Gasteiger partial charge is 0.383 e. The van der Waals surface area contributed by atoms with Gasteiger partial charge in [-0.15, -0.1) is 0 Å². The van der Waals surface area contributed by atoms with Crippen LogP contribution in [0.2, 0.25) is 6.04 Å². The number of rotatable bonds is 13. The molecular weight excluding hydrogens is 304 g/mol. The molecule has 0 aliphatic rings. The van der Waals surface area contributed by atoms with Crippen LogP contribution in [0.25, 0.3) is 0 Å². The molecule has 0 unspecified atom stereocenters. The lowest BCUT2D eigenvalue weighted by Crippen LogP contribution is -2.46. The van der Waals surface area contributed by atoms with Gasteiger partial charge in [0.05, 0.1) is 6.61 Å². The summed E-state index contributed by atoms with van der Waals surface area (Å²) in [6.45, 7) is 9.18. The Morgan fingerprint density at radius 3 is 2.09 bits per heavy atom. The Labute approximate surface area is 135 Å². The fourth-order valence-electron chi connectivity index (χ4n) is 1.97. The zero-order valence-electron chi connectivity index (χ0n) is 14.6. The average Bonchev–Trinajstić information content (AvgIpc) is 2.49. The topological polar surface area (TPSA) is 69.3 Å². The second kappa shape index (κ2) is 12.8. The molecule has 0 heterocycles. The normalized spacial score (nSPS) is 11.5. The lowest BCUT2D eigenvalue weighted by molar-refractivity contribution is 0.0708. The number of methoxy groups -OCH3 is 1. The summed E-state index contributed by atoms with van der Waals surface area (Å²) in [6, 6.07) is 0.596. The fraction of sp³-hybridized carbons (Fsp3) is 0.929. The molecule has 0 saturated carbocycles. The van der Waals surface area contributed by atoms with Gasteiger partial charge in [0.2, 0.25) is 0 Å². The number of hydrogen-bond donors (Lipinski definition) is 1. The van der Waals surface area contributed by atoms with Crippen LogP contribution < -0.4 is 5.32 Å². The predicted molar refractivity (Wildman–Crippen MR) is 88.0 cm³/mol. The van der Waals surface area contributed by atoms with Crippen LogP contribution in [0.3, 0.4) is 0 Å². The second-order valence-electron chi connectivity index (χ2n) is 4.73. The zero-order chi connectivity index (χ0) is 16.8. The van der Waals surface area contributed by atoms with Crippen LogP contribution in [0.5, 0.6) is 0 Å². The van der Waals surface area contributed by atoms with E-state index in [2.05, 4.69) is 5.32 Å². The van der Waals surface area contributed by atoms with Crippen molar-refractivity contribution in [3.8, 4) is 0 Å². The minimum absolute atomic E-state index is 0.103. The van der Waals surface area contributed by atoms with Gasteiger partial charge in [0.1, 0.15) is 0 Å². The van der Waals surface area contributed by atoms with Crippen molar-refractivity contribution in [1.29, 1.82) is 0 Å². The standard InChI is InChI=1S/C14H32N2O5Si/c1-6-19-22(20-7-2,21-8-3)13-9-10-15-14(17)16(4)11-12-18-5/h6-13H2,1-5H3,(H,15,17). The summed E-state index contributed by atoms with van der Waals surface area (Å²) in [5.74, 6) is 0. The molecule has 0 aromatic rings. The largest absolute Gasteiger partial charge is 0.500 e. The molecule has 0 aliphatic carbocycles. The van der Waals surface area contributed by atoms with Crippen molar-refractivity contribution >= 4 is 14.8 Å². The molecule has 0 fully saturated rings. The lowest BCUT2D eigenvalue weighted by Gasteiger charge is -2.28. The monoisotopic (exact) mass is 336 g/mol. The van der Waals surface area contributed by atoms with Gasteiger partial charge in [0, 0.05) is 53.1 Å². The number of carbonyl (C=O) groups is 1. The summed E-state index contributed by atoms with van der Waals surface area (Å²) in [4.78, 5) is 13.4. The van der Waals surface area contributed by atoms with Gasteiger partial charge < -0.3 is 28.2 Å². The van der Waals surface area contributed by atoms with Gasteiger partial charge in [-0.3, -0.25) is 0 Å². The number of likely N-dealkylation sites (N-methyl/N-ethyl adjacent to an activating group) is 1. The summed E-state index contributed by atoms with van der Waals surface area (Å²) in [7, 11) is 0.760. The van der Waals surface area contributed by atoms with E-state index in [0.29, 0.717) is 45.6 Å². The van der Waals surface area contributed by atoms with E-state index in [0.717, 1.165) is 6.42 Å².